The molecule has 0 saturated carbocycles. The Balaban J connectivity index is 4.58. The van der Waals surface area contributed by atoms with E-state index < -0.39 is 22.0 Å². The Labute approximate surface area is 130 Å². The second-order valence-electron chi connectivity index (χ2n) is 6.36. The Kier molecular flexibility index (Phi) is 8.62. The Bertz CT molecular complexity index is 366. The first-order valence-corrected chi connectivity index (χ1v) is 11.9. The molecule has 1 N–H and O–H groups in total. The van der Waals surface area contributed by atoms with Crippen molar-refractivity contribution < 1.29 is 23.1 Å². The minimum absolute atomic E-state index is 0.0857. The van der Waals surface area contributed by atoms with Crippen molar-refractivity contribution in [2.75, 3.05) is 19.8 Å². The van der Waals surface area contributed by atoms with Gasteiger partial charge in [0.2, 0.25) is 0 Å². The second kappa shape index (κ2) is 8.60. The lowest BCUT2D eigenvalue weighted by Crippen LogP contribution is -2.42. The summed E-state index contributed by atoms with van der Waals surface area (Å²) in [5.41, 5.74) is 0. The third kappa shape index (κ3) is 7.72. The highest BCUT2D eigenvalue weighted by atomic mass is 31.2. The summed E-state index contributed by atoms with van der Waals surface area (Å²) in [6.45, 7) is 14.9. The molecule has 0 rings (SSSR count). The van der Waals surface area contributed by atoms with Gasteiger partial charge < -0.3 is 18.6 Å². The third-order valence-corrected chi connectivity index (χ3v) is 9.80. The van der Waals surface area contributed by atoms with Gasteiger partial charge in [-0.05, 0) is 38.1 Å². The van der Waals surface area contributed by atoms with Crippen LogP contribution < -0.4 is 0 Å². The van der Waals surface area contributed by atoms with E-state index in [9.17, 15) is 9.67 Å². The number of hydrogen-bond acceptors (Lipinski definition) is 5. The van der Waals surface area contributed by atoms with Gasteiger partial charge in [-0.1, -0.05) is 20.8 Å². The first-order valence-electron chi connectivity index (χ1n) is 7.37. The van der Waals surface area contributed by atoms with E-state index in [1.165, 1.54) is 11.9 Å². The lowest BCUT2D eigenvalue weighted by Gasteiger charge is -2.36. The minimum atomic E-state index is -3.25. The van der Waals surface area contributed by atoms with E-state index in [2.05, 4.69) is 33.9 Å². The molecule has 0 unspecified atom stereocenters. The third-order valence-electron chi connectivity index (χ3n) is 3.53. The number of aliphatic hydroxyl groups is 1. The van der Waals surface area contributed by atoms with Gasteiger partial charge in [-0.15, -0.1) is 0 Å². The molecule has 5 nitrogen and oxygen atoms in total. The highest BCUT2D eigenvalue weighted by Gasteiger charge is 2.37. The van der Waals surface area contributed by atoms with E-state index in [0.29, 0.717) is 0 Å². The van der Waals surface area contributed by atoms with Gasteiger partial charge in [-0.25, -0.2) is 0 Å². The van der Waals surface area contributed by atoms with E-state index in [4.69, 9.17) is 13.5 Å². The van der Waals surface area contributed by atoms with Gasteiger partial charge in [0.25, 0.3) is 0 Å². The minimum Gasteiger partial charge on any atom is -0.414 e. The highest BCUT2D eigenvalue weighted by molar-refractivity contribution is 7.57. The Morgan fingerprint density at radius 2 is 1.67 bits per heavy atom. The molecule has 0 amide bonds. The molecule has 0 bridgehead atoms. The molecule has 0 saturated heterocycles. The molecule has 0 aliphatic carbocycles. The first-order chi connectivity index (χ1) is 9.47. The fourth-order valence-electron chi connectivity index (χ4n) is 1.25. The average Bonchev–Trinajstić information content (AvgIpc) is 2.33. The van der Waals surface area contributed by atoms with Crippen LogP contribution in [0, 0.1) is 0 Å². The Morgan fingerprint density at radius 1 is 1.19 bits per heavy atom. The molecule has 21 heavy (non-hydrogen) atoms. The van der Waals surface area contributed by atoms with Crippen LogP contribution in [0.1, 0.15) is 34.6 Å². The van der Waals surface area contributed by atoms with Crippen LogP contribution in [0.3, 0.4) is 0 Å². The average molecular weight is 338 g/mol. The maximum Gasteiger partial charge on any atom is 0.353 e. The summed E-state index contributed by atoms with van der Waals surface area (Å²) in [6, 6.07) is 0. The topological polar surface area (TPSA) is 65.0 Å². The molecule has 0 aromatic carbocycles. The monoisotopic (exact) mass is 338 g/mol. The fourth-order valence-corrected chi connectivity index (χ4v) is 3.65. The predicted octanol–water partition coefficient (Wildman–Crippen LogP) is 4.15. The molecule has 126 valence electrons. The molecule has 7 heteroatoms. The number of aliphatic hydroxyl groups excluding tert-OH is 1. The molecule has 1 atom stereocenters. The van der Waals surface area contributed by atoms with Crippen LogP contribution in [0.25, 0.3) is 0 Å². The first kappa shape index (κ1) is 21.0. The molecule has 0 aliphatic rings. The van der Waals surface area contributed by atoms with Gasteiger partial charge >= 0.3 is 7.60 Å². The van der Waals surface area contributed by atoms with E-state index in [-0.39, 0.29) is 24.9 Å². The Morgan fingerprint density at radius 3 is 2.05 bits per heavy atom. The van der Waals surface area contributed by atoms with Crippen LogP contribution in [0.5, 0.6) is 0 Å². The largest absolute Gasteiger partial charge is 0.414 e. The molecule has 0 spiro atoms. The summed E-state index contributed by atoms with van der Waals surface area (Å²) in [7, 11) is -5.15. The quantitative estimate of drug-likeness (QED) is 0.505. The maximum atomic E-state index is 12.2. The highest BCUT2D eigenvalue weighted by Crippen LogP contribution is 2.49. The van der Waals surface area contributed by atoms with Crippen molar-refractivity contribution in [1.29, 1.82) is 0 Å². The Hall–Kier alpha value is 0.0269. The zero-order valence-corrected chi connectivity index (χ0v) is 16.3. The zero-order valence-electron chi connectivity index (χ0n) is 14.4. The van der Waals surface area contributed by atoms with Crippen LogP contribution in [0.15, 0.2) is 11.9 Å². The molecular weight excluding hydrogens is 307 g/mol. The lowest BCUT2D eigenvalue weighted by molar-refractivity contribution is 0.135. The lowest BCUT2D eigenvalue weighted by atomic mass is 10.2. The standard InChI is InChI=1S/C14H31O5PSi/c1-8-17-20(16,18-9-2)11-10-13(15)12-19-21(6,7)14(3,4)5/h10-11,13,15H,8-9,12H2,1-7H3/b11-10+/t13-/m0/s1. The molecule has 0 aromatic rings. The zero-order chi connectivity index (χ0) is 16.7. The summed E-state index contributed by atoms with van der Waals surface area (Å²) < 4.78 is 28.4. The molecule has 0 aliphatic heterocycles. The summed E-state index contributed by atoms with van der Waals surface area (Å²) in [5.74, 6) is 1.32. The summed E-state index contributed by atoms with van der Waals surface area (Å²) in [4.78, 5) is 0. The number of hydrogen-bond donors (Lipinski definition) is 1. The van der Waals surface area contributed by atoms with Crippen molar-refractivity contribution in [2.24, 2.45) is 0 Å². The molecule has 0 heterocycles. The van der Waals surface area contributed by atoms with Crippen LogP contribution in [0.4, 0.5) is 0 Å². The molecular formula is C14H31O5PSi. The normalized spacial score (nSPS) is 15.6. The molecule has 0 radical (unpaired) electrons. The SMILES string of the molecule is CCOP(=O)(/C=C/[C@H](O)CO[Si](C)(C)C(C)(C)C)OCC. The van der Waals surface area contributed by atoms with Gasteiger partial charge in [0.05, 0.1) is 25.9 Å². The predicted molar refractivity (Wildman–Crippen MR) is 89.2 cm³/mol. The van der Waals surface area contributed by atoms with Crippen LogP contribution >= 0.6 is 7.60 Å². The smallest absolute Gasteiger partial charge is 0.353 e. The summed E-state index contributed by atoms with van der Waals surface area (Å²) in [5, 5.41) is 10.0. The second-order valence-corrected chi connectivity index (χ2v) is 13.1. The summed E-state index contributed by atoms with van der Waals surface area (Å²) >= 11 is 0. The van der Waals surface area contributed by atoms with Crippen LogP contribution in [-0.2, 0) is 18.0 Å². The maximum absolute atomic E-state index is 12.2. The van der Waals surface area contributed by atoms with Crippen molar-refractivity contribution in [3.63, 3.8) is 0 Å². The van der Waals surface area contributed by atoms with Gasteiger partial charge in [0.15, 0.2) is 8.32 Å². The van der Waals surface area contributed by atoms with Crippen LogP contribution in [0.2, 0.25) is 18.1 Å². The summed E-state index contributed by atoms with van der Waals surface area (Å²) in [6.07, 6.45) is 0.604. The van der Waals surface area contributed by atoms with E-state index in [0.717, 1.165) is 0 Å². The fraction of sp³-hybridized carbons (Fsp3) is 0.857. The van der Waals surface area contributed by atoms with Crippen molar-refractivity contribution in [3.05, 3.63) is 11.9 Å². The van der Waals surface area contributed by atoms with Crippen molar-refractivity contribution in [1.82, 2.24) is 0 Å². The number of rotatable bonds is 9. The van der Waals surface area contributed by atoms with Gasteiger partial charge in [-0.2, -0.15) is 0 Å². The molecule has 0 aromatic heterocycles. The van der Waals surface area contributed by atoms with E-state index in [1.54, 1.807) is 13.8 Å². The van der Waals surface area contributed by atoms with Gasteiger partial charge in [0.1, 0.15) is 0 Å². The van der Waals surface area contributed by atoms with Crippen molar-refractivity contribution in [3.8, 4) is 0 Å². The van der Waals surface area contributed by atoms with Gasteiger partial charge in [-0.3, -0.25) is 4.57 Å². The van der Waals surface area contributed by atoms with E-state index in [1.807, 2.05) is 0 Å². The van der Waals surface area contributed by atoms with Crippen LogP contribution in [-0.4, -0.2) is 39.3 Å². The van der Waals surface area contributed by atoms with Gasteiger partial charge in [0, 0.05) is 5.82 Å². The molecule has 0 fully saturated rings. The van der Waals surface area contributed by atoms with Crippen molar-refractivity contribution in [2.45, 2.75) is 58.9 Å². The van der Waals surface area contributed by atoms with E-state index >= 15 is 0 Å². The van der Waals surface area contributed by atoms with Crippen molar-refractivity contribution >= 4 is 15.9 Å².